The zero-order chi connectivity index (χ0) is 16.2. The van der Waals surface area contributed by atoms with Crippen LogP contribution in [0, 0.1) is 12.7 Å². The summed E-state index contributed by atoms with van der Waals surface area (Å²) in [5.41, 5.74) is 1.68. The van der Waals surface area contributed by atoms with Gasteiger partial charge in [-0.3, -0.25) is 0 Å². The number of methoxy groups -OCH3 is 1. The molecular weight excluding hydrogens is 319 g/mol. The minimum absolute atomic E-state index is 0.188. The highest BCUT2D eigenvalue weighted by Gasteiger charge is 2.16. The molecule has 0 fully saturated rings. The van der Waals surface area contributed by atoms with E-state index in [0.717, 1.165) is 16.9 Å². The third-order valence-corrected chi connectivity index (χ3v) is 4.26. The van der Waals surface area contributed by atoms with Crippen LogP contribution in [0.15, 0.2) is 50.7 Å². The first-order valence-corrected chi connectivity index (χ1v) is 7.95. The number of hydrogen-bond donors (Lipinski definition) is 0. The Morgan fingerprint density at radius 1 is 1.22 bits per heavy atom. The molecule has 0 aliphatic carbocycles. The monoisotopic (exact) mass is 334 g/mol. The first-order valence-electron chi connectivity index (χ1n) is 6.96. The predicted molar refractivity (Wildman–Crippen MR) is 83.6 cm³/mol. The van der Waals surface area contributed by atoms with Gasteiger partial charge in [-0.25, -0.2) is 4.39 Å². The van der Waals surface area contributed by atoms with Gasteiger partial charge in [0.2, 0.25) is 0 Å². The molecule has 1 aromatic carbocycles. The molecule has 0 aliphatic heterocycles. The van der Waals surface area contributed by atoms with Crippen LogP contribution in [0.25, 0.3) is 11.5 Å². The highest BCUT2D eigenvalue weighted by molar-refractivity contribution is 7.99. The lowest BCUT2D eigenvalue weighted by Crippen LogP contribution is -2.04. The number of hydrogen-bond acceptors (Lipinski definition) is 6. The molecule has 2 heterocycles. The Bertz CT molecular complexity index is 770. The van der Waals surface area contributed by atoms with Crippen molar-refractivity contribution in [2.45, 2.75) is 18.3 Å². The van der Waals surface area contributed by atoms with E-state index < -0.39 is 0 Å². The van der Waals surface area contributed by atoms with Gasteiger partial charge in [-0.15, -0.1) is 10.2 Å². The Morgan fingerprint density at radius 2 is 2.00 bits per heavy atom. The van der Waals surface area contributed by atoms with Crippen molar-refractivity contribution in [1.82, 2.24) is 10.2 Å². The number of halogens is 1. The number of furan rings is 1. The van der Waals surface area contributed by atoms with Crippen LogP contribution in [0.4, 0.5) is 4.39 Å². The minimum atomic E-state index is -0.270. The van der Waals surface area contributed by atoms with Crippen LogP contribution in [0.5, 0.6) is 0 Å². The maximum Gasteiger partial charge on any atom is 0.276 e. The number of benzene rings is 1. The maximum absolute atomic E-state index is 13.0. The quantitative estimate of drug-likeness (QED) is 0.628. The van der Waals surface area contributed by atoms with Crippen molar-refractivity contribution in [2.24, 2.45) is 0 Å². The van der Waals surface area contributed by atoms with Gasteiger partial charge in [-0.2, -0.15) is 0 Å². The lowest BCUT2D eigenvalue weighted by molar-refractivity contribution is 0.123. The van der Waals surface area contributed by atoms with E-state index in [0.29, 0.717) is 16.9 Å². The van der Waals surface area contributed by atoms with Crippen molar-refractivity contribution in [3.05, 3.63) is 53.7 Å². The van der Waals surface area contributed by atoms with Crippen LogP contribution in [0.1, 0.15) is 17.4 Å². The molecule has 0 N–H and O–H groups in total. The molecule has 0 spiro atoms. The van der Waals surface area contributed by atoms with E-state index in [1.54, 1.807) is 31.6 Å². The largest absolute Gasteiger partial charge is 0.469 e. The second-order valence-electron chi connectivity index (χ2n) is 4.85. The maximum atomic E-state index is 13.0. The third-order valence-electron chi connectivity index (χ3n) is 3.38. The molecule has 3 rings (SSSR count). The molecule has 1 atom stereocenters. The Morgan fingerprint density at radius 3 is 2.65 bits per heavy atom. The summed E-state index contributed by atoms with van der Waals surface area (Å²) in [7, 11) is 1.61. The molecule has 23 heavy (non-hydrogen) atoms. The van der Waals surface area contributed by atoms with Crippen molar-refractivity contribution in [3.8, 4) is 11.5 Å². The fourth-order valence-corrected chi connectivity index (χ4v) is 2.97. The first-order chi connectivity index (χ1) is 11.2. The SMILES string of the molecule is COC(CSc1nnc(-c2ccoc2C)o1)c1ccc(F)cc1. The van der Waals surface area contributed by atoms with Crippen LogP contribution in [0.3, 0.4) is 0 Å². The van der Waals surface area contributed by atoms with E-state index in [1.807, 2.05) is 6.92 Å². The summed E-state index contributed by atoms with van der Waals surface area (Å²) in [6.07, 6.45) is 1.39. The van der Waals surface area contributed by atoms with Crippen LogP contribution in [-0.2, 0) is 4.74 Å². The molecular formula is C16H15FN2O3S. The van der Waals surface area contributed by atoms with Crippen molar-refractivity contribution in [1.29, 1.82) is 0 Å². The summed E-state index contributed by atoms with van der Waals surface area (Å²) in [4.78, 5) is 0. The van der Waals surface area contributed by atoms with Gasteiger partial charge in [0.25, 0.3) is 11.1 Å². The Labute approximate surface area is 136 Å². The van der Waals surface area contributed by atoms with Gasteiger partial charge >= 0.3 is 0 Å². The van der Waals surface area contributed by atoms with Crippen molar-refractivity contribution < 1.29 is 18.0 Å². The van der Waals surface area contributed by atoms with Gasteiger partial charge in [0, 0.05) is 12.9 Å². The third kappa shape index (κ3) is 3.62. The normalized spacial score (nSPS) is 12.5. The molecule has 0 saturated carbocycles. The second kappa shape index (κ2) is 6.97. The van der Waals surface area contributed by atoms with E-state index in [9.17, 15) is 4.39 Å². The Kier molecular flexibility index (Phi) is 4.78. The molecule has 0 aliphatic rings. The Hall–Kier alpha value is -2.12. The summed E-state index contributed by atoms with van der Waals surface area (Å²) >= 11 is 1.39. The van der Waals surface area contributed by atoms with Crippen LogP contribution >= 0.6 is 11.8 Å². The fourth-order valence-electron chi connectivity index (χ4n) is 2.11. The van der Waals surface area contributed by atoms with E-state index in [-0.39, 0.29) is 11.9 Å². The topological polar surface area (TPSA) is 61.3 Å². The predicted octanol–water partition coefficient (Wildman–Crippen LogP) is 4.26. The number of aromatic nitrogens is 2. The smallest absolute Gasteiger partial charge is 0.276 e. The lowest BCUT2D eigenvalue weighted by Gasteiger charge is -2.14. The molecule has 120 valence electrons. The highest BCUT2D eigenvalue weighted by atomic mass is 32.2. The molecule has 0 saturated heterocycles. The summed E-state index contributed by atoms with van der Waals surface area (Å²) in [6, 6.07) is 8.03. The lowest BCUT2D eigenvalue weighted by atomic mass is 10.1. The van der Waals surface area contributed by atoms with Crippen molar-refractivity contribution >= 4 is 11.8 Å². The van der Waals surface area contributed by atoms with Gasteiger partial charge in [0.15, 0.2) is 0 Å². The molecule has 1 unspecified atom stereocenters. The van der Waals surface area contributed by atoms with Crippen molar-refractivity contribution in [3.63, 3.8) is 0 Å². The Balaban J connectivity index is 1.66. The van der Waals surface area contributed by atoms with Crippen LogP contribution < -0.4 is 0 Å². The van der Waals surface area contributed by atoms with Gasteiger partial charge in [0.05, 0.1) is 17.9 Å². The van der Waals surface area contributed by atoms with Crippen LogP contribution in [-0.4, -0.2) is 23.1 Å². The molecule has 3 aromatic rings. The second-order valence-corrected chi connectivity index (χ2v) is 5.82. The van der Waals surface area contributed by atoms with Gasteiger partial charge < -0.3 is 13.6 Å². The van der Waals surface area contributed by atoms with E-state index in [2.05, 4.69) is 10.2 Å². The minimum Gasteiger partial charge on any atom is -0.469 e. The van der Waals surface area contributed by atoms with Crippen LogP contribution in [0.2, 0.25) is 0 Å². The average Bonchev–Trinajstić information content (AvgIpc) is 3.18. The summed E-state index contributed by atoms with van der Waals surface area (Å²) < 4.78 is 29.3. The first kappa shape index (κ1) is 15.8. The summed E-state index contributed by atoms with van der Waals surface area (Å²) in [6.45, 7) is 1.84. The van der Waals surface area contributed by atoms with Gasteiger partial charge in [-0.1, -0.05) is 23.9 Å². The molecule has 0 radical (unpaired) electrons. The molecule has 7 heteroatoms. The van der Waals surface area contributed by atoms with E-state index >= 15 is 0 Å². The highest BCUT2D eigenvalue weighted by Crippen LogP contribution is 2.29. The standard InChI is InChI=1S/C16H15FN2O3S/c1-10-13(7-8-21-10)15-18-19-16(22-15)23-9-14(20-2)11-3-5-12(17)6-4-11/h3-8,14H,9H2,1-2H3. The zero-order valence-electron chi connectivity index (χ0n) is 12.7. The molecule has 2 aromatic heterocycles. The average molecular weight is 334 g/mol. The summed E-state index contributed by atoms with van der Waals surface area (Å²) in [5, 5.41) is 8.48. The number of thioether (sulfide) groups is 1. The van der Waals surface area contributed by atoms with Gasteiger partial charge in [0.1, 0.15) is 11.6 Å². The van der Waals surface area contributed by atoms with E-state index in [1.165, 1.54) is 23.9 Å². The fraction of sp³-hybridized carbons (Fsp3) is 0.250. The molecule has 0 bridgehead atoms. The number of ether oxygens (including phenoxy) is 1. The molecule has 5 nitrogen and oxygen atoms in total. The number of nitrogens with zero attached hydrogens (tertiary/aromatic N) is 2. The van der Waals surface area contributed by atoms with Crippen molar-refractivity contribution in [2.75, 3.05) is 12.9 Å². The zero-order valence-corrected chi connectivity index (χ0v) is 13.5. The molecule has 0 amide bonds. The summed E-state index contributed by atoms with van der Waals surface area (Å²) in [5.74, 6) is 1.46. The number of rotatable bonds is 6. The van der Waals surface area contributed by atoms with Gasteiger partial charge in [-0.05, 0) is 30.7 Å². The van der Waals surface area contributed by atoms with E-state index in [4.69, 9.17) is 13.6 Å². The number of aryl methyl sites for hydroxylation is 1.